The lowest BCUT2D eigenvalue weighted by Gasteiger charge is -2.39. The van der Waals surface area contributed by atoms with E-state index in [0.717, 1.165) is 0 Å². The third-order valence-corrected chi connectivity index (χ3v) is 3.13. The lowest BCUT2D eigenvalue weighted by Crippen LogP contribution is -2.47. The molecule has 1 fully saturated rings. The first-order valence-electron chi connectivity index (χ1n) is 5.38. The molecule has 96 valence electrons. The molecule has 1 saturated heterocycles. The molecule has 1 aliphatic heterocycles. The van der Waals surface area contributed by atoms with Gasteiger partial charge < -0.3 is 10.0 Å². The lowest BCUT2D eigenvalue weighted by atomic mass is 9.95. The number of carbonyl (C=O) groups is 1. The van der Waals surface area contributed by atoms with E-state index in [4.69, 9.17) is 16.7 Å². The molecule has 0 bridgehead atoms. The molecule has 0 radical (unpaired) electrons. The average molecular weight is 271 g/mol. The molecule has 0 atom stereocenters. The molecular formula is C11H11ClN2O4. The Bertz CT molecular complexity index is 500. The molecule has 0 aromatic heterocycles. The minimum absolute atomic E-state index is 0.0451. The molecule has 1 aromatic carbocycles. The highest BCUT2D eigenvalue weighted by molar-refractivity contribution is 6.30. The van der Waals surface area contributed by atoms with Crippen LogP contribution in [0.25, 0.3) is 0 Å². The van der Waals surface area contributed by atoms with E-state index >= 15 is 0 Å². The normalized spacial score (nSPS) is 15.3. The van der Waals surface area contributed by atoms with Gasteiger partial charge in [-0.05, 0) is 12.1 Å². The van der Waals surface area contributed by atoms with E-state index in [1.807, 2.05) is 0 Å². The first-order valence-corrected chi connectivity index (χ1v) is 5.76. The summed E-state index contributed by atoms with van der Waals surface area (Å²) in [4.78, 5) is 22.7. The number of aliphatic carboxylic acids is 1. The largest absolute Gasteiger partial charge is 0.481 e. The number of carboxylic acid groups (broad SMARTS) is 1. The number of nitrogens with zero attached hydrogens (tertiary/aromatic N) is 2. The summed E-state index contributed by atoms with van der Waals surface area (Å²) in [5.41, 5.74) is 0.447. The highest BCUT2D eigenvalue weighted by Crippen LogP contribution is 2.35. The van der Waals surface area contributed by atoms with Crippen LogP contribution in [0.15, 0.2) is 18.2 Å². The second kappa shape index (κ2) is 4.81. The van der Waals surface area contributed by atoms with Crippen LogP contribution in [0.2, 0.25) is 5.02 Å². The van der Waals surface area contributed by atoms with Gasteiger partial charge in [-0.2, -0.15) is 0 Å². The zero-order valence-corrected chi connectivity index (χ0v) is 10.1. The molecule has 0 spiro atoms. The van der Waals surface area contributed by atoms with Gasteiger partial charge in [0.15, 0.2) is 0 Å². The van der Waals surface area contributed by atoms with Crippen LogP contribution < -0.4 is 4.90 Å². The van der Waals surface area contributed by atoms with Crippen LogP contribution in [0.1, 0.15) is 6.42 Å². The van der Waals surface area contributed by atoms with Crippen LogP contribution in [-0.4, -0.2) is 29.1 Å². The Kier molecular flexibility index (Phi) is 3.38. The predicted octanol–water partition coefficient (Wildman–Crippen LogP) is 2.16. The van der Waals surface area contributed by atoms with Crippen LogP contribution in [-0.2, 0) is 4.79 Å². The molecule has 18 heavy (non-hydrogen) atoms. The van der Waals surface area contributed by atoms with E-state index < -0.39 is 10.9 Å². The molecule has 7 heteroatoms. The zero-order chi connectivity index (χ0) is 13.3. The van der Waals surface area contributed by atoms with E-state index in [2.05, 4.69) is 0 Å². The quantitative estimate of drug-likeness (QED) is 0.669. The van der Waals surface area contributed by atoms with Gasteiger partial charge in [-0.3, -0.25) is 14.9 Å². The average Bonchev–Trinajstić information content (AvgIpc) is 2.23. The van der Waals surface area contributed by atoms with Gasteiger partial charge in [-0.25, -0.2) is 0 Å². The van der Waals surface area contributed by atoms with Crippen molar-refractivity contribution in [3.8, 4) is 0 Å². The van der Waals surface area contributed by atoms with Crippen LogP contribution in [0.3, 0.4) is 0 Å². The smallest absolute Gasteiger partial charge is 0.303 e. The van der Waals surface area contributed by atoms with Gasteiger partial charge in [0.1, 0.15) is 5.69 Å². The van der Waals surface area contributed by atoms with Crippen LogP contribution in [0.5, 0.6) is 0 Å². The number of hydrogen-bond donors (Lipinski definition) is 1. The van der Waals surface area contributed by atoms with Gasteiger partial charge in [0.25, 0.3) is 5.69 Å². The molecule has 0 saturated carbocycles. The predicted molar refractivity (Wildman–Crippen MR) is 66.1 cm³/mol. The second-order valence-corrected chi connectivity index (χ2v) is 4.70. The summed E-state index contributed by atoms with van der Waals surface area (Å²) in [6.45, 7) is 1.05. The molecule has 0 unspecified atom stereocenters. The number of nitro benzene ring substituents is 1. The van der Waals surface area contributed by atoms with Crippen molar-refractivity contribution in [1.82, 2.24) is 0 Å². The summed E-state index contributed by atoms with van der Waals surface area (Å²) in [5.74, 6) is -0.789. The van der Waals surface area contributed by atoms with Gasteiger partial charge in [0, 0.05) is 30.1 Å². The Labute approximate surface area is 108 Å². The number of anilines is 1. The lowest BCUT2D eigenvalue weighted by molar-refractivity contribution is -0.384. The summed E-state index contributed by atoms with van der Waals surface area (Å²) in [6, 6.07) is 4.49. The Morgan fingerprint density at radius 1 is 1.56 bits per heavy atom. The Hall–Kier alpha value is -1.82. The van der Waals surface area contributed by atoms with E-state index in [9.17, 15) is 14.9 Å². The van der Waals surface area contributed by atoms with Crippen molar-refractivity contribution in [2.75, 3.05) is 18.0 Å². The number of nitro groups is 1. The number of rotatable bonds is 4. The Morgan fingerprint density at radius 2 is 2.22 bits per heavy atom. The summed E-state index contributed by atoms with van der Waals surface area (Å²) < 4.78 is 0. The maximum Gasteiger partial charge on any atom is 0.303 e. The molecule has 1 aromatic rings. The van der Waals surface area contributed by atoms with Crippen molar-refractivity contribution in [2.24, 2.45) is 5.92 Å². The topological polar surface area (TPSA) is 83.7 Å². The molecule has 6 nitrogen and oxygen atoms in total. The van der Waals surface area contributed by atoms with Crippen molar-refractivity contribution in [1.29, 1.82) is 0 Å². The highest BCUT2D eigenvalue weighted by atomic mass is 35.5. The SMILES string of the molecule is O=C(O)CC1CN(c2ccc(Cl)cc2[N+](=O)[O-])C1. The van der Waals surface area contributed by atoms with E-state index in [1.54, 1.807) is 17.0 Å². The van der Waals surface area contributed by atoms with Gasteiger partial charge in [0.2, 0.25) is 0 Å². The molecule has 0 aliphatic carbocycles. The maximum absolute atomic E-state index is 10.9. The minimum Gasteiger partial charge on any atom is -0.481 e. The fourth-order valence-corrected chi connectivity index (χ4v) is 2.22. The van der Waals surface area contributed by atoms with Crippen LogP contribution in [0, 0.1) is 16.0 Å². The molecule has 2 rings (SSSR count). The van der Waals surface area contributed by atoms with E-state index in [-0.39, 0.29) is 18.0 Å². The number of carboxylic acids is 1. The van der Waals surface area contributed by atoms with Crippen molar-refractivity contribution < 1.29 is 14.8 Å². The monoisotopic (exact) mass is 270 g/mol. The van der Waals surface area contributed by atoms with Gasteiger partial charge >= 0.3 is 5.97 Å². The van der Waals surface area contributed by atoms with Crippen molar-refractivity contribution in [2.45, 2.75) is 6.42 Å². The number of halogens is 1. The number of benzene rings is 1. The Balaban J connectivity index is 2.11. The third-order valence-electron chi connectivity index (χ3n) is 2.90. The third kappa shape index (κ3) is 2.53. The van der Waals surface area contributed by atoms with Crippen molar-refractivity contribution in [3.05, 3.63) is 33.3 Å². The van der Waals surface area contributed by atoms with Gasteiger partial charge in [-0.15, -0.1) is 0 Å². The first kappa shape index (κ1) is 12.6. The molecule has 1 N–H and O–H groups in total. The fourth-order valence-electron chi connectivity index (χ4n) is 2.05. The van der Waals surface area contributed by atoms with Crippen LogP contribution in [0.4, 0.5) is 11.4 Å². The summed E-state index contributed by atoms with van der Waals surface area (Å²) in [6.07, 6.45) is 0.0951. The minimum atomic E-state index is -0.842. The zero-order valence-electron chi connectivity index (χ0n) is 9.38. The first-order chi connectivity index (χ1) is 8.47. The molecule has 1 heterocycles. The van der Waals surface area contributed by atoms with Crippen molar-refractivity contribution >= 4 is 28.9 Å². The standard InChI is InChI=1S/C11H11ClN2O4/c12-8-1-2-9(10(4-8)14(17)18)13-5-7(6-13)3-11(15)16/h1-2,4,7H,3,5-6H2,(H,15,16). The van der Waals surface area contributed by atoms with Gasteiger partial charge in [-0.1, -0.05) is 11.6 Å². The van der Waals surface area contributed by atoms with Gasteiger partial charge in [0.05, 0.1) is 11.3 Å². The second-order valence-electron chi connectivity index (χ2n) is 4.26. The summed E-state index contributed by atoms with van der Waals surface area (Å²) >= 11 is 5.72. The summed E-state index contributed by atoms with van der Waals surface area (Å²) in [7, 11) is 0. The van der Waals surface area contributed by atoms with E-state index in [1.165, 1.54) is 6.07 Å². The van der Waals surface area contributed by atoms with Crippen LogP contribution >= 0.6 is 11.6 Å². The number of hydrogen-bond acceptors (Lipinski definition) is 4. The molecule has 0 amide bonds. The molecule has 1 aliphatic rings. The summed E-state index contributed by atoms with van der Waals surface area (Å²) in [5, 5.41) is 19.9. The molecular weight excluding hydrogens is 260 g/mol. The maximum atomic E-state index is 10.9. The fraction of sp³-hybridized carbons (Fsp3) is 0.364. The highest BCUT2D eigenvalue weighted by Gasteiger charge is 2.32. The Morgan fingerprint density at radius 3 is 2.78 bits per heavy atom. The van der Waals surface area contributed by atoms with E-state index in [0.29, 0.717) is 23.8 Å². The van der Waals surface area contributed by atoms with Crippen molar-refractivity contribution in [3.63, 3.8) is 0 Å².